The van der Waals surface area contributed by atoms with Gasteiger partial charge >= 0.3 is 0 Å². The normalized spacial score (nSPS) is 10.9. The minimum Gasteiger partial charge on any atom is -0.508 e. The van der Waals surface area contributed by atoms with E-state index in [-0.39, 0.29) is 33.2 Å². The van der Waals surface area contributed by atoms with E-state index in [0.29, 0.717) is 5.69 Å². The van der Waals surface area contributed by atoms with Crippen LogP contribution in [0.1, 0.15) is 0 Å². The fourth-order valence-electron chi connectivity index (χ4n) is 2.06. The van der Waals surface area contributed by atoms with Gasteiger partial charge in [0.25, 0.3) is 5.56 Å². The van der Waals surface area contributed by atoms with Gasteiger partial charge in [0.05, 0.1) is 11.1 Å². The second-order valence-electron chi connectivity index (χ2n) is 4.41. The third kappa shape index (κ3) is 2.15. The van der Waals surface area contributed by atoms with Gasteiger partial charge in [-0.25, -0.2) is 0 Å². The highest BCUT2D eigenvalue weighted by Gasteiger charge is 2.15. The van der Waals surface area contributed by atoms with E-state index in [1.807, 2.05) is 0 Å². The molecule has 0 saturated heterocycles. The average Bonchev–Trinajstić information content (AvgIpc) is 2.43. The minimum atomic E-state index is -0.586. The van der Waals surface area contributed by atoms with Crippen LogP contribution in [0.5, 0.6) is 17.2 Å². The Labute approximate surface area is 123 Å². The molecule has 1 heterocycles. The first-order valence-electron chi connectivity index (χ1n) is 5.91. The lowest BCUT2D eigenvalue weighted by Crippen LogP contribution is -2.21. The zero-order valence-electron chi connectivity index (χ0n) is 10.5. The maximum absolute atomic E-state index is 12.4. The molecule has 0 unspecified atom stereocenters. The minimum absolute atomic E-state index is 0.0381. The number of phenols is 3. The maximum atomic E-state index is 12.4. The molecule has 3 N–H and O–H groups in total. The van der Waals surface area contributed by atoms with E-state index in [1.165, 1.54) is 30.3 Å². The van der Waals surface area contributed by atoms with Crippen LogP contribution >= 0.6 is 11.6 Å². The SMILES string of the molecule is O=c1c2c(O)cc(O)cc2c(Cl)nn1-c1ccc(O)cc1. The molecule has 21 heavy (non-hydrogen) atoms. The van der Waals surface area contributed by atoms with Gasteiger partial charge in [-0.2, -0.15) is 9.78 Å². The van der Waals surface area contributed by atoms with E-state index in [4.69, 9.17) is 11.6 Å². The first kappa shape index (κ1) is 13.3. The average molecular weight is 305 g/mol. The van der Waals surface area contributed by atoms with E-state index >= 15 is 0 Å². The fourth-order valence-corrected chi connectivity index (χ4v) is 2.29. The Bertz CT molecular complexity index is 903. The molecule has 0 aliphatic heterocycles. The Morgan fingerprint density at radius 3 is 2.33 bits per heavy atom. The van der Waals surface area contributed by atoms with E-state index in [0.717, 1.165) is 10.7 Å². The monoisotopic (exact) mass is 304 g/mol. The van der Waals surface area contributed by atoms with Gasteiger partial charge in [-0.15, -0.1) is 0 Å². The number of nitrogens with zero attached hydrogens (tertiary/aromatic N) is 2. The summed E-state index contributed by atoms with van der Waals surface area (Å²) in [7, 11) is 0. The molecule has 0 saturated carbocycles. The van der Waals surface area contributed by atoms with Crippen LogP contribution in [0.4, 0.5) is 0 Å². The summed E-state index contributed by atoms with van der Waals surface area (Å²) in [6.45, 7) is 0. The van der Waals surface area contributed by atoms with Crippen LogP contribution < -0.4 is 5.56 Å². The summed E-state index contributed by atoms with van der Waals surface area (Å²) in [6, 6.07) is 8.09. The Morgan fingerprint density at radius 1 is 1.00 bits per heavy atom. The molecule has 6 nitrogen and oxygen atoms in total. The van der Waals surface area contributed by atoms with Crippen molar-refractivity contribution in [3.8, 4) is 22.9 Å². The van der Waals surface area contributed by atoms with Crippen LogP contribution in [0.25, 0.3) is 16.5 Å². The van der Waals surface area contributed by atoms with Crippen LogP contribution in [-0.4, -0.2) is 25.1 Å². The summed E-state index contributed by atoms with van der Waals surface area (Å²) >= 11 is 6.02. The number of hydrogen-bond acceptors (Lipinski definition) is 5. The summed E-state index contributed by atoms with van der Waals surface area (Å²) in [5, 5.41) is 32.6. The molecule has 0 bridgehead atoms. The van der Waals surface area contributed by atoms with Gasteiger partial charge in [0.2, 0.25) is 0 Å². The molecule has 106 valence electrons. The number of hydrogen-bond donors (Lipinski definition) is 3. The van der Waals surface area contributed by atoms with Crippen molar-refractivity contribution >= 4 is 22.4 Å². The largest absolute Gasteiger partial charge is 0.508 e. The van der Waals surface area contributed by atoms with Gasteiger partial charge in [-0.3, -0.25) is 4.79 Å². The molecular weight excluding hydrogens is 296 g/mol. The third-order valence-electron chi connectivity index (χ3n) is 3.01. The van der Waals surface area contributed by atoms with Crippen LogP contribution in [0.15, 0.2) is 41.2 Å². The van der Waals surface area contributed by atoms with Crippen molar-refractivity contribution in [3.05, 3.63) is 51.9 Å². The second-order valence-corrected chi connectivity index (χ2v) is 4.77. The summed E-state index contributed by atoms with van der Waals surface area (Å²) in [5.41, 5.74) is -0.202. The smallest absolute Gasteiger partial charge is 0.283 e. The van der Waals surface area contributed by atoms with Gasteiger partial charge in [0.15, 0.2) is 5.15 Å². The molecule has 0 aliphatic carbocycles. The molecule has 7 heteroatoms. The van der Waals surface area contributed by atoms with E-state index in [2.05, 4.69) is 5.10 Å². The van der Waals surface area contributed by atoms with Crippen molar-refractivity contribution < 1.29 is 15.3 Å². The van der Waals surface area contributed by atoms with E-state index in [9.17, 15) is 20.1 Å². The van der Waals surface area contributed by atoms with Gasteiger partial charge in [0.1, 0.15) is 17.2 Å². The zero-order chi connectivity index (χ0) is 15.1. The molecule has 3 rings (SSSR count). The van der Waals surface area contributed by atoms with Gasteiger partial charge in [0, 0.05) is 11.5 Å². The van der Waals surface area contributed by atoms with Crippen molar-refractivity contribution in [2.75, 3.05) is 0 Å². The number of fused-ring (bicyclic) bond motifs is 1. The Hall–Kier alpha value is -2.73. The number of benzene rings is 2. The molecule has 0 atom stereocenters. The highest BCUT2D eigenvalue weighted by Crippen LogP contribution is 2.30. The lowest BCUT2D eigenvalue weighted by atomic mass is 10.1. The van der Waals surface area contributed by atoms with Gasteiger partial charge < -0.3 is 15.3 Å². The number of phenolic OH excluding ortho intramolecular Hbond substituents is 3. The summed E-state index contributed by atoms with van der Waals surface area (Å²) in [4.78, 5) is 12.4. The summed E-state index contributed by atoms with van der Waals surface area (Å²) < 4.78 is 1.01. The van der Waals surface area contributed by atoms with Crippen LogP contribution in [0.3, 0.4) is 0 Å². The molecule has 3 aromatic rings. The molecule has 1 aromatic heterocycles. The number of aromatic hydroxyl groups is 3. The molecule has 2 aromatic carbocycles. The molecule has 0 radical (unpaired) electrons. The topological polar surface area (TPSA) is 95.6 Å². The highest BCUT2D eigenvalue weighted by atomic mass is 35.5. The number of aromatic nitrogens is 2. The summed E-state index contributed by atoms with van der Waals surface area (Å²) in [6.07, 6.45) is 0. The molecule has 0 spiro atoms. The van der Waals surface area contributed by atoms with Crippen molar-refractivity contribution in [1.82, 2.24) is 9.78 Å². The molecule has 0 amide bonds. The zero-order valence-corrected chi connectivity index (χ0v) is 11.2. The van der Waals surface area contributed by atoms with Crippen LogP contribution in [0.2, 0.25) is 5.15 Å². The lowest BCUT2D eigenvalue weighted by molar-refractivity contribution is 0.454. The Balaban J connectivity index is 2.39. The maximum Gasteiger partial charge on any atom is 0.283 e. The quantitative estimate of drug-likeness (QED) is 0.640. The third-order valence-corrected chi connectivity index (χ3v) is 3.29. The highest BCUT2D eigenvalue weighted by molar-refractivity contribution is 6.34. The molecular formula is C14H9ClN2O4. The Kier molecular flexibility index (Phi) is 2.95. The van der Waals surface area contributed by atoms with E-state index < -0.39 is 5.56 Å². The first-order valence-corrected chi connectivity index (χ1v) is 6.29. The Morgan fingerprint density at radius 2 is 1.67 bits per heavy atom. The van der Waals surface area contributed by atoms with Gasteiger partial charge in [-0.05, 0) is 30.3 Å². The van der Waals surface area contributed by atoms with Crippen molar-refractivity contribution in [2.45, 2.75) is 0 Å². The van der Waals surface area contributed by atoms with Crippen LogP contribution in [0, 0.1) is 0 Å². The standard InChI is InChI=1S/C14H9ClN2O4/c15-13-10-5-9(19)6-11(20)12(10)14(21)17(16-13)7-1-3-8(18)4-2-7/h1-6,18-20H. The first-order chi connectivity index (χ1) is 9.97. The second kappa shape index (κ2) is 4.68. The van der Waals surface area contributed by atoms with E-state index in [1.54, 1.807) is 0 Å². The predicted octanol–water partition coefficient (Wildman–Crippen LogP) is 2.16. The van der Waals surface area contributed by atoms with Crippen molar-refractivity contribution in [1.29, 1.82) is 0 Å². The number of rotatable bonds is 1. The van der Waals surface area contributed by atoms with Crippen molar-refractivity contribution in [3.63, 3.8) is 0 Å². The molecule has 0 aliphatic rings. The fraction of sp³-hybridized carbons (Fsp3) is 0. The summed E-state index contributed by atoms with van der Waals surface area (Å²) in [5.74, 6) is -0.552. The van der Waals surface area contributed by atoms with Crippen molar-refractivity contribution in [2.24, 2.45) is 0 Å². The number of halogens is 1. The molecule has 0 fully saturated rings. The van der Waals surface area contributed by atoms with Crippen LogP contribution in [-0.2, 0) is 0 Å². The lowest BCUT2D eigenvalue weighted by Gasteiger charge is -2.09. The van der Waals surface area contributed by atoms with Gasteiger partial charge in [-0.1, -0.05) is 11.6 Å². The predicted molar refractivity (Wildman–Crippen MR) is 77.3 cm³/mol.